The Morgan fingerprint density at radius 1 is 0.911 bits per heavy atom. The Balaban J connectivity index is 1.31. The first kappa shape index (κ1) is 31.5. The van der Waals surface area contributed by atoms with Crippen LogP contribution in [-0.2, 0) is 29.3 Å². The van der Waals surface area contributed by atoms with Gasteiger partial charge >= 0.3 is 5.97 Å². The van der Waals surface area contributed by atoms with Crippen molar-refractivity contribution in [3.05, 3.63) is 132 Å². The molecule has 236 valence electrons. The fourth-order valence-corrected chi connectivity index (χ4v) is 8.69. The third kappa shape index (κ3) is 6.06. The Morgan fingerprint density at radius 2 is 1.47 bits per heavy atom. The molecule has 0 N–H and O–H groups in total. The summed E-state index contributed by atoms with van der Waals surface area (Å²) in [6.45, 7) is 11.4. The highest BCUT2D eigenvalue weighted by Crippen LogP contribution is 2.64. The Labute approximate surface area is 268 Å². The average Bonchev–Trinajstić information content (AvgIpc) is 3.67. The van der Waals surface area contributed by atoms with E-state index < -0.39 is 11.4 Å². The number of carbonyl (C=O) groups is 1. The molecule has 0 amide bonds. The lowest BCUT2D eigenvalue weighted by molar-refractivity contribution is -0.227. The van der Waals surface area contributed by atoms with Gasteiger partial charge in [0.25, 0.3) is 0 Å². The van der Waals surface area contributed by atoms with E-state index in [0.717, 1.165) is 60.8 Å². The summed E-state index contributed by atoms with van der Waals surface area (Å²) in [4.78, 5) is 14.0. The molecule has 1 heterocycles. The minimum Gasteiger partial charge on any atom is -0.460 e. The number of benzene rings is 3. The predicted molar refractivity (Wildman–Crippen MR) is 176 cm³/mol. The smallest absolute Gasteiger partial charge is 0.332 e. The molecule has 4 atom stereocenters. The zero-order valence-corrected chi connectivity index (χ0v) is 26.5. The summed E-state index contributed by atoms with van der Waals surface area (Å²) in [6.07, 6.45) is 8.23. The first-order chi connectivity index (χ1) is 21.9. The molecule has 3 aliphatic rings. The molecule has 0 radical (unpaired) electrons. The van der Waals surface area contributed by atoms with E-state index in [-0.39, 0.29) is 35.9 Å². The minimum absolute atomic E-state index is 0.0360. The van der Waals surface area contributed by atoms with E-state index in [1.54, 1.807) is 0 Å². The standard InChI is InChI=1S/C40H46O5/c1-4-22-38-23-14-21-34(37(38)39(25-24-38)42-26-27-43-39)35(28-30(2)3)45-36(41)29-44-40(31-15-8-5-9-16-31,32-17-10-6-11-18-32)33-19-12-7-13-20-33/h4-13,15-20,34-35,37H,1-2,14,21-29H2,3H3/t34-,35-,37-,38-/m0/s1. The van der Waals surface area contributed by atoms with Gasteiger partial charge in [-0.25, -0.2) is 4.79 Å². The first-order valence-corrected chi connectivity index (χ1v) is 16.5. The fourth-order valence-electron chi connectivity index (χ4n) is 8.69. The lowest BCUT2D eigenvalue weighted by Crippen LogP contribution is -2.51. The van der Waals surface area contributed by atoms with Crippen LogP contribution in [0.2, 0.25) is 0 Å². The Hall–Kier alpha value is -3.51. The summed E-state index contributed by atoms with van der Waals surface area (Å²) in [5, 5.41) is 0. The lowest BCUT2D eigenvalue weighted by atomic mass is 9.59. The van der Waals surface area contributed by atoms with Crippen molar-refractivity contribution < 1.29 is 23.7 Å². The second kappa shape index (κ2) is 13.5. The molecule has 0 unspecified atom stereocenters. The fraction of sp³-hybridized carbons (Fsp3) is 0.425. The van der Waals surface area contributed by atoms with Crippen molar-refractivity contribution in [1.29, 1.82) is 0 Å². The predicted octanol–water partition coefficient (Wildman–Crippen LogP) is 8.39. The van der Waals surface area contributed by atoms with Gasteiger partial charge in [0, 0.05) is 24.7 Å². The molecular formula is C40H46O5. The van der Waals surface area contributed by atoms with Crippen molar-refractivity contribution in [3.63, 3.8) is 0 Å². The summed E-state index contributed by atoms with van der Waals surface area (Å²) in [5.74, 6) is -0.794. The molecule has 0 aromatic heterocycles. The van der Waals surface area contributed by atoms with Crippen LogP contribution in [0.3, 0.4) is 0 Å². The topological polar surface area (TPSA) is 54.0 Å². The number of fused-ring (bicyclic) bond motifs is 2. The number of allylic oxidation sites excluding steroid dienone is 1. The van der Waals surface area contributed by atoms with E-state index in [2.05, 4.69) is 49.6 Å². The molecule has 3 aromatic carbocycles. The van der Waals surface area contributed by atoms with E-state index in [1.807, 2.05) is 67.6 Å². The van der Waals surface area contributed by atoms with Crippen molar-refractivity contribution in [2.75, 3.05) is 19.8 Å². The molecule has 1 saturated heterocycles. The quantitative estimate of drug-likeness (QED) is 0.118. The highest BCUT2D eigenvalue weighted by molar-refractivity contribution is 5.71. The summed E-state index contributed by atoms with van der Waals surface area (Å²) in [6, 6.07) is 30.3. The Kier molecular flexibility index (Phi) is 9.41. The van der Waals surface area contributed by atoms with E-state index in [4.69, 9.17) is 18.9 Å². The third-order valence-corrected chi connectivity index (χ3v) is 10.3. The lowest BCUT2D eigenvalue weighted by Gasteiger charge is -2.50. The maximum Gasteiger partial charge on any atom is 0.332 e. The summed E-state index contributed by atoms with van der Waals surface area (Å²) >= 11 is 0. The molecule has 6 rings (SSSR count). The van der Waals surface area contributed by atoms with Crippen LogP contribution in [0.5, 0.6) is 0 Å². The van der Waals surface area contributed by atoms with Gasteiger partial charge in [-0.15, -0.1) is 13.2 Å². The summed E-state index contributed by atoms with van der Waals surface area (Å²) < 4.78 is 26.2. The maximum absolute atomic E-state index is 14.0. The van der Waals surface area contributed by atoms with Gasteiger partial charge in [0.05, 0.1) is 13.2 Å². The third-order valence-electron chi connectivity index (χ3n) is 10.3. The van der Waals surface area contributed by atoms with Gasteiger partial charge in [0.2, 0.25) is 0 Å². The van der Waals surface area contributed by atoms with Gasteiger partial charge in [0.15, 0.2) is 5.79 Å². The number of carbonyl (C=O) groups excluding carboxylic acids is 1. The second-order valence-electron chi connectivity index (χ2n) is 13.2. The number of esters is 1. The number of hydrogen-bond donors (Lipinski definition) is 0. The van der Waals surface area contributed by atoms with Crippen LogP contribution in [0.4, 0.5) is 0 Å². The van der Waals surface area contributed by atoms with Crippen LogP contribution < -0.4 is 0 Å². The van der Waals surface area contributed by atoms with E-state index in [1.165, 1.54) is 0 Å². The van der Waals surface area contributed by atoms with Crippen LogP contribution in [0.25, 0.3) is 0 Å². The highest BCUT2D eigenvalue weighted by atomic mass is 16.7. The summed E-state index contributed by atoms with van der Waals surface area (Å²) in [7, 11) is 0. The SMILES string of the molecule is C=CC[C@@]12CCC[C@@H]([C@H](CC(=C)C)OC(=O)COC(c3ccccc3)(c3ccccc3)c3ccccc3)[C@@H]1C1(CC2)OCCO1. The van der Waals surface area contributed by atoms with Gasteiger partial charge < -0.3 is 18.9 Å². The van der Waals surface area contributed by atoms with Gasteiger partial charge in [-0.2, -0.15) is 0 Å². The molecule has 3 aromatic rings. The molecule has 2 saturated carbocycles. The van der Waals surface area contributed by atoms with Crippen molar-refractivity contribution in [2.24, 2.45) is 17.3 Å². The molecule has 1 spiro atoms. The molecule has 5 nitrogen and oxygen atoms in total. The number of ether oxygens (including phenoxy) is 4. The molecule has 2 aliphatic carbocycles. The van der Waals surface area contributed by atoms with E-state index >= 15 is 0 Å². The molecular weight excluding hydrogens is 560 g/mol. The summed E-state index contributed by atoms with van der Waals surface area (Å²) in [5.41, 5.74) is 2.85. The van der Waals surface area contributed by atoms with E-state index in [0.29, 0.717) is 19.6 Å². The number of hydrogen-bond acceptors (Lipinski definition) is 5. The van der Waals surface area contributed by atoms with Crippen molar-refractivity contribution in [2.45, 2.75) is 69.4 Å². The van der Waals surface area contributed by atoms with Gasteiger partial charge in [-0.3, -0.25) is 0 Å². The zero-order chi connectivity index (χ0) is 31.3. The van der Waals surface area contributed by atoms with Gasteiger partial charge in [0.1, 0.15) is 18.3 Å². The molecule has 45 heavy (non-hydrogen) atoms. The van der Waals surface area contributed by atoms with Crippen LogP contribution in [0, 0.1) is 17.3 Å². The van der Waals surface area contributed by atoms with Gasteiger partial charge in [-0.05, 0) is 54.7 Å². The second-order valence-corrected chi connectivity index (χ2v) is 13.2. The molecule has 3 fully saturated rings. The monoisotopic (exact) mass is 606 g/mol. The van der Waals surface area contributed by atoms with E-state index in [9.17, 15) is 4.79 Å². The first-order valence-electron chi connectivity index (χ1n) is 16.5. The highest BCUT2D eigenvalue weighted by Gasteiger charge is 2.64. The van der Waals surface area contributed by atoms with Gasteiger partial charge in [-0.1, -0.05) is 109 Å². The molecule has 5 heteroatoms. The Morgan fingerprint density at radius 3 is 1.98 bits per heavy atom. The zero-order valence-electron chi connectivity index (χ0n) is 26.5. The van der Waals surface area contributed by atoms with Crippen molar-refractivity contribution in [1.82, 2.24) is 0 Å². The molecule has 0 bridgehead atoms. The minimum atomic E-state index is -1.00. The molecule has 1 aliphatic heterocycles. The van der Waals surface area contributed by atoms with Crippen molar-refractivity contribution in [3.8, 4) is 0 Å². The average molecular weight is 607 g/mol. The van der Waals surface area contributed by atoms with Crippen LogP contribution in [0.15, 0.2) is 116 Å². The van der Waals surface area contributed by atoms with Crippen LogP contribution in [-0.4, -0.2) is 37.7 Å². The van der Waals surface area contributed by atoms with Crippen LogP contribution in [0.1, 0.15) is 68.6 Å². The largest absolute Gasteiger partial charge is 0.460 e. The maximum atomic E-state index is 14.0. The van der Waals surface area contributed by atoms with Crippen molar-refractivity contribution >= 4 is 5.97 Å². The normalized spacial score (nSPS) is 24.6. The Bertz CT molecular complexity index is 1350. The van der Waals surface area contributed by atoms with Crippen LogP contribution >= 0.6 is 0 Å². The number of rotatable bonds is 12.